The zero-order valence-electron chi connectivity index (χ0n) is 8.91. The van der Waals surface area contributed by atoms with E-state index in [2.05, 4.69) is 19.6 Å². The van der Waals surface area contributed by atoms with E-state index < -0.39 is 14.4 Å². The van der Waals surface area contributed by atoms with Gasteiger partial charge >= 0.3 is 6.09 Å². The van der Waals surface area contributed by atoms with Gasteiger partial charge in [0.15, 0.2) is 0 Å². The van der Waals surface area contributed by atoms with Crippen molar-refractivity contribution in [2.75, 3.05) is 6.54 Å². The molecule has 0 spiro atoms. The average Bonchev–Trinajstić information content (AvgIpc) is 2.01. The van der Waals surface area contributed by atoms with Crippen LogP contribution in [0.25, 0.3) is 0 Å². The first-order chi connectivity index (χ1) is 6.38. The zero-order chi connectivity index (χ0) is 10.8. The van der Waals surface area contributed by atoms with E-state index in [1.165, 1.54) is 4.90 Å². The van der Waals surface area contributed by atoms with Crippen LogP contribution in [0.15, 0.2) is 12.0 Å². The van der Waals surface area contributed by atoms with Crippen LogP contribution in [0.2, 0.25) is 19.6 Å². The van der Waals surface area contributed by atoms with Gasteiger partial charge in [-0.15, -0.1) is 0 Å². The summed E-state index contributed by atoms with van der Waals surface area (Å²) in [5.41, 5.74) is 0. The summed E-state index contributed by atoms with van der Waals surface area (Å²) in [6.07, 6.45) is 2.42. The number of amides is 1. The predicted octanol–water partition coefficient (Wildman–Crippen LogP) is 2.45. The lowest BCUT2D eigenvalue weighted by molar-refractivity contribution is 0.156. The van der Waals surface area contributed by atoms with Gasteiger partial charge in [0, 0.05) is 19.2 Å². The van der Waals surface area contributed by atoms with Crippen LogP contribution >= 0.6 is 0 Å². The third kappa shape index (κ3) is 3.41. The Balaban J connectivity index is 2.65. The molecular weight excluding hydrogens is 198 g/mol. The van der Waals surface area contributed by atoms with Gasteiger partial charge in [0.1, 0.15) is 0 Å². The highest BCUT2D eigenvalue weighted by atomic mass is 28.4. The molecule has 1 rings (SSSR count). The van der Waals surface area contributed by atoms with Crippen molar-refractivity contribution >= 4 is 14.4 Å². The summed E-state index contributed by atoms with van der Waals surface area (Å²) in [4.78, 5) is 12.0. The number of hydrogen-bond acceptors (Lipinski definition) is 2. The third-order valence-corrected chi connectivity index (χ3v) is 2.68. The van der Waals surface area contributed by atoms with Crippen molar-refractivity contribution in [3.63, 3.8) is 0 Å². The molecule has 0 atom stereocenters. The van der Waals surface area contributed by atoms with Gasteiger partial charge in [-0.1, -0.05) is 0 Å². The Morgan fingerprint density at radius 2 is 2.21 bits per heavy atom. The van der Waals surface area contributed by atoms with E-state index in [9.17, 15) is 4.79 Å². The maximum absolute atomic E-state index is 10.7. The minimum atomic E-state index is -1.60. The van der Waals surface area contributed by atoms with Crippen molar-refractivity contribution in [1.82, 2.24) is 4.90 Å². The molecule has 1 amide bonds. The van der Waals surface area contributed by atoms with Crippen molar-refractivity contribution in [1.29, 1.82) is 0 Å². The highest BCUT2D eigenvalue weighted by molar-refractivity contribution is 6.70. The lowest BCUT2D eigenvalue weighted by Gasteiger charge is -2.27. The lowest BCUT2D eigenvalue weighted by atomic mass is 10.2. The Morgan fingerprint density at radius 3 is 2.71 bits per heavy atom. The Kier molecular flexibility index (Phi) is 3.20. The predicted molar refractivity (Wildman–Crippen MR) is 56.5 cm³/mol. The summed E-state index contributed by atoms with van der Waals surface area (Å²) in [6, 6.07) is 0. The summed E-state index contributed by atoms with van der Waals surface area (Å²) >= 11 is 0. The molecule has 1 aliphatic heterocycles. The van der Waals surface area contributed by atoms with Gasteiger partial charge in [0.05, 0.1) is 5.76 Å². The standard InChI is InChI=1S/C9H17NO3Si/c1-14(2,3)13-8-5-4-6-10(7-8)9(11)12/h7H,4-6H2,1-3H3,(H,11,12). The van der Waals surface area contributed by atoms with Crippen LogP contribution in [0.1, 0.15) is 12.8 Å². The van der Waals surface area contributed by atoms with E-state index >= 15 is 0 Å². The van der Waals surface area contributed by atoms with E-state index in [0.717, 1.165) is 18.6 Å². The molecule has 0 bridgehead atoms. The molecule has 0 radical (unpaired) electrons. The fourth-order valence-electron chi connectivity index (χ4n) is 1.35. The molecule has 0 saturated heterocycles. The fraction of sp³-hybridized carbons (Fsp3) is 0.667. The molecule has 80 valence electrons. The van der Waals surface area contributed by atoms with E-state index in [1.807, 2.05) is 0 Å². The highest BCUT2D eigenvalue weighted by Crippen LogP contribution is 2.20. The molecule has 4 nitrogen and oxygen atoms in total. The normalized spacial score (nSPS) is 17.6. The summed E-state index contributed by atoms with van der Waals surface area (Å²) in [5, 5.41) is 8.79. The zero-order valence-corrected chi connectivity index (χ0v) is 9.91. The quantitative estimate of drug-likeness (QED) is 0.720. The first kappa shape index (κ1) is 11.1. The Bertz CT molecular complexity index is 257. The number of rotatable bonds is 2. The summed E-state index contributed by atoms with van der Waals surface area (Å²) < 4.78 is 5.75. The van der Waals surface area contributed by atoms with Crippen molar-refractivity contribution in [3.8, 4) is 0 Å². The van der Waals surface area contributed by atoms with Crippen LogP contribution in [0.3, 0.4) is 0 Å². The molecule has 0 saturated carbocycles. The van der Waals surface area contributed by atoms with Gasteiger partial charge in [-0.25, -0.2) is 4.79 Å². The van der Waals surface area contributed by atoms with Crippen LogP contribution < -0.4 is 0 Å². The average molecular weight is 215 g/mol. The van der Waals surface area contributed by atoms with Crippen molar-refractivity contribution in [2.45, 2.75) is 32.5 Å². The maximum Gasteiger partial charge on any atom is 0.411 e. The van der Waals surface area contributed by atoms with Gasteiger partial charge in [-0.3, -0.25) is 4.90 Å². The van der Waals surface area contributed by atoms with E-state index in [-0.39, 0.29) is 0 Å². The third-order valence-electron chi connectivity index (χ3n) is 1.81. The second-order valence-corrected chi connectivity index (χ2v) is 8.82. The fourth-order valence-corrected chi connectivity index (χ4v) is 2.29. The molecule has 0 aromatic heterocycles. The minimum Gasteiger partial charge on any atom is -0.546 e. The molecule has 5 heteroatoms. The summed E-state index contributed by atoms with van der Waals surface area (Å²) in [6.45, 7) is 6.85. The SMILES string of the molecule is C[Si](C)(C)OC1=CN(C(=O)O)CCC1. The Morgan fingerprint density at radius 1 is 1.57 bits per heavy atom. The van der Waals surface area contributed by atoms with Crippen LogP contribution in [-0.4, -0.2) is 31.0 Å². The first-order valence-corrected chi connectivity index (χ1v) is 8.18. The van der Waals surface area contributed by atoms with E-state index in [0.29, 0.717) is 6.54 Å². The Labute approximate surface area is 85.3 Å². The van der Waals surface area contributed by atoms with Crippen LogP contribution in [0.4, 0.5) is 4.79 Å². The van der Waals surface area contributed by atoms with Gasteiger partial charge in [-0.2, -0.15) is 0 Å². The van der Waals surface area contributed by atoms with E-state index in [4.69, 9.17) is 9.53 Å². The molecule has 0 aliphatic carbocycles. The monoisotopic (exact) mass is 215 g/mol. The summed E-state index contributed by atoms with van der Waals surface area (Å²) in [7, 11) is -1.60. The largest absolute Gasteiger partial charge is 0.546 e. The van der Waals surface area contributed by atoms with Crippen LogP contribution in [0.5, 0.6) is 0 Å². The lowest BCUT2D eigenvalue weighted by Crippen LogP contribution is -2.32. The second kappa shape index (κ2) is 4.04. The number of nitrogens with zero attached hydrogens (tertiary/aromatic N) is 1. The molecule has 14 heavy (non-hydrogen) atoms. The van der Waals surface area contributed by atoms with Crippen LogP contribution in [0, 0.1) is 0 Å². The summed E-state index contributed by atoms with van der Waals surface area (Å²) in [5.74, 6) is 0.817. The topological polar surface area (TPSA) is 49.8 Å². The van der Waals surface area contributed by atoms with E-state index in [1.54, 1.807) is 6.20 Å². The highest BCUT2D eigenvalue weighted by Gasteiger charge is 2.22. The molecule has 1 aliphatic rings. The number of allylic oxidation sites excluding steroid dienone is 1. The molecular formula is C9H17NO3Si. The number of carboxylic acid groups (broad SMARTS) is 1. The Hall–Kier alpha value is -0.973. The van der Waals surface area contributed by atoms with Crippen molar-refractivity contribution < 1.29 is 14.3 Å². The molecule has 0 aromatic carbocycles. The maximum atomic E-state index is 10.7. The van der Waals surface area contributed by atoms with Gasteiger partial charge in [0.2, 0.25) is 8.32 Å². The molecule has 1 heterocycles. The van der Waals surface area contributed by atoms with Crippen molar-refractivity contribution in [3.05, 3.63) is 12.0 Å². The minimum absolute atomic E-state index is 0.577. The van der Waals surface area contributed by atoms with Gasteiger partial charge in [0.25, 0.3) is 0 Å². The van der Waals surface area contributed by atoms with Crippen molar-refractivity contribution in [2.24, 2.45) is 0 Å². The molecule has 1 N–H and O–H groups in total. The van der Waals surface area contributed by atoms with Gasteiger partial charge in [-0.05, 0) is 26.1 Å². The number of carbonyl (C=O) groups is 1. The van der Waals surface area contributed by atoms with Crippen LogP contribution in [-0.2, 0) is 4.43 Å². The molecule has 0 fully saturated rings. The first-order valence-electron chi connectivity index (χ1n) is 4.78. The smallest absolute Gasteiger partial charge is 0.411 e. The second-order valence-electron chi connectivity index (χ2n) is 4.39. The molecule has 0 unspecified atom stereocenters. The van der Waals surface area contributed by atoms with Gasteiger partial charge < -0.3 is 9.53 Å². The molecule has 0 aromatic rings. The number of hydrogen-bond donors (Lipinski definition) is 1.